The second-order valence-electron chi connectivity index (χ2n) is 5.49. The van der Waals surface area contributed by atoms with Gasteiger partial charge in [-0.15, -0.1) is 0 Å². The van der Waals surface area contributed by atoms with Crippen molar-refractivity contribution in [3.63, 3.8) is 0 Å². The van der Waals surface area contributed by atoms with Crippen molar-refractivity contribution < 1.29 is 0 Å². The van der Waals surface area contributed by atoms with Gasteiger partial charge in [0.25, 0.3) is 0 Å². The number of aromatic nitrogens is 3. The molecule has 4 heteroatoms. The zero-order valence-corrected chi connectivity index (χ0v) is 11.8. The van der Waals surface area contributed by atoms with E-state index in [1.165, 1.54) is 24.0 Å². The molecule has 0 aliphatic heterocycles. The highest BCUT2D eigenvalue weighted by Gasteiger charge is 2.21. The summed E-state index contributed by atoms with van der Waals surface area (Å²) in [6, 6.07) is 7.17. The zero-order chi connectivity index (χ0) is 13.4. The SMILES string of the molecule is Cc1cc(C)cc(-n2nc(C)nc2CNC2CC2)c1. The maximum atomic E-state index is 4.54. The van der Waals surface area contributed by atoms with Gasteiger partial charge >= 0.3 is 0 Å². The lowest BCUT2D eigenvalue weighted by molar-refractivity contribution is 0.637. The molecule has 1 aromatic heterocycles. The van der Waals surface area contributed by atoms with Crippen molar-refractivity contribution in [3.05, 3.63) is 41.0 Å². The fourth-order valence-corrected chi connectivity index (χ4v) is 2.38. The largest absolute Gasteiger partial charge is 0.307 e. The third-order valence-electron chi connectivity index (χ3n) is 3.36. The van der Waals surface area contributed by atoms with E-state index in [2.05, 4.69) is 47.4 Å². The van der Waals surface area contributed by atoms with Crippen LogP contribution in [0.15, 0.2) is 18.2 Å². The van der Waals surface area contributed by atoms with Crippen LogP contribution in [-0.2, 0) is 6.54 Å². The Morgan fingerprint density at radius 1 is 1.16 bits per heavy atom. The van der Waals surface area contributed by atoms with Crippen molar-refractivity contribution in [2.75, 3.05) is 0 Å². The van der Waals surface area contributed by atoms with Crippen LogP contribution in [-0.4, -0.2) is 20.8 Å². The molecule has 0 radical (unpaired) electrons. The summed E-state index contributed by atoms with van der Waals surface area (Å²) >= 11 is 0. The highest BCUT2D eigenvalue weighted by atomic mass is 15.4. The maximum Gasteiger partial charge on any atom is 0.148 e. The predicted octanol–water partition coefficient (Wildman–Crippen LogP) is 2.44. The smallest absolute Gasteiger partial charge is 0.148 e. The fraction of sp³-hybridized carbons (Fsp3) is 0.467. The van der Waals surface area contributed by atoms with Gasteiger partial charge < -0.3 is 5.32 Å². The van der Waals surface area contributed by atoms with Gasteiger partial charge in [-0.05, 0) is 56.9 Å². The lowest BCUT2D eigenvalue weighted by Gasteiger charge is -2.08. The van der Waals surface area contributed by atoms with Crippen LogP contribution in [0, 0.1) is 20.8 Å². The van der Waals surface area contributed by atoms with Gasteiger partial charge in [0.05, 0.1) is 12.2 Å². The normalized spacial score (nSPS) is 14.9. The van der Waals surface area contributed by atoms with Crippen molar-refractivity contribution in [3.8, 4) is 5.69 Å². The minimum atomic E-state index is 0.685. The Labute approximate surface area is 113 Å². The third kappa shape index (κ3) is 2.84. The first-order valence-electron chi connectivity index (χ1n) is 6.86. The summed E-state index contributed by atoms with van der Waals surface area (Å²) in [4.78, 5) is 4.54. The Morgan fingerprint density at radius 3 is 2.47 bits per heavy atom. The van der Waals surface area contributed by atoms with Crippen LogP contribution in [0.1, 0.15) is 35.6 Å². The van der Waals surface area contributed by atoms with Gasteiger partial charge in [0, 0.05) is 6.04 Å². The first kappa shape index (κ1) is 12.4. The Kier molecular flexibility index (Phi) is 3.11. The van der Waals surface area contributed by atoms with Crippen LogP contribution in [0.25, 0.3) is 5.69 Å². The topological polar surface area (TPSA) is 42.7 Å². The number of hydrogen-bond acceptors (Lipinski definition) is 3. The number of nitrogens with one attached hydrogen (secondary N) is 1. The van der Waals surface area contributed by atoms with Crippen LogP contribution in [0.5, 0.6) is 0 Å². The van der Waals surface area contributed by atoms with E-state index in [0.29, 0.717) is 6.04 Å². The van der Waals surface area contributed by atoms with E-state index in [1.54, 1.807) is 0 Å². The van der Waals surface area contributed by atoms with Crippen LogP contribution >= 0.6 is 0 Å². The molecule has 1 heterocycles. The van der Waals surface area contributed by atoms with Gasteiger partial charge in [-0.25, -0.2) is 9.67 Å². The summed E-state index contributed by atoms with van der Waals surface area (Å²) < 4.78 is 1.96. The van der Waals surface area contributed by atoms with Crippen molar-refractivity contribution in [2.24, 2.45) is 0 Å². The van der Waals surface area contributed by atoms with E-state index in [1.807, 2.05) is 11.6 Å². The second-order valence-corrected chi connectivity index (χ2v) is 5.49. The molecule has 1 aliphatic rings. The summed E-state index contributed by atoms with van der Waals surface area (Å²) in [6.45, 7) is 6.96. The monoisotopic (exact) mass is 256 g/mol. The van der Waals surface area contributed by atoms with Crippen molar-refractivity contribution in [2.45, 2.75) is 46.2 Å². The van der Waals surface area contributed by atoms with E-state index >= 15 is 0 Å². The Bertz CT molecular complexity index is 576. The molecule has 1 fully saturated rings. The second kappa shape index (κ2) is 4.78. The van der Waals surface area contributed by atoms with Crippen molar-refractivity contribution >= 4 is 0 Å². The Morgan fingerprint density at radius 2 is 1.84 bits per heavy atom. The zero-order valence-electron chi connectivity index (χ0n) is 11.8. The summed E-state index contributed by atoms with van der Waals surface area (Å²) in [6.07, 6.45) is 2.58. The average Bonchev–Trinajstić information content (AvgIpc) is 3.08. The number of hydrogen-bond donors (Lipinski definition) is 1. The average molecular weight is 256 g/mol. The molecule has 1 saturated carbocycles. The molecule has 2 aromatic rings. The Balaban J connectivity index is 1.93. The molecule has 0 unspecified atom stereocenters. The minimum absolute atomic E-state index is 0.685. The molecule has 19 heavy (non-hydrogen) atoms. The summed E-state index contributed by atoms with van der Waals surface area (Å²) in [5, 5.41) is 8.03. The number of benzene rings is 1. The first-order valence-corrected chi connectivity index (χ1v) is 6.86. The minimum Gasteiger partial charge on any atom is -0.307 e. The molecule has 0 atom stereocenters. The van der Waals surface area contributed by atoms with Gasteiger partial charge in [0.15, 0.2) is 0 Å². The number of rotatable bonds is 4. The summed E-state index contributed by atoms with van der Waals surface area (Å²) in [7, 11) is 0. The molecule has 100 valence electrons. The van der Waals surface area contributed by atoms with Gasteiger partial charge in [-0.2, -0.15) is 5.10 Å². The number of aryl methyl sites for hydroxylation is 3. The van der Waals surface area contributed by atoms with Crippen molar-refractivity contribution in [1.29, 1.82) is 0 Å². The fourth-order valence-electron chi connectivity index (χ4n) is 2.38. The molecule has 0 amide bonds. The first-order chi connectivity index (χ1) is 9.11. The van der Waals surface area contributed by atoms with Gasteiger partial charge in [0.1, 0.15) is 11.6 Å². The lowest BCUT2D eigenvalue weighted by Crippen LogP contribution is -2.19. The molecule has 1 N–H and O–H groups in total. The van der Waals surface area contributed by atoms with Crippen LogP contribution in [0.3, 0.4) is 0 Å². The van der Waals surface area contributed by atoms with Crippen LogP contribution < -0.4 is 5.32 Å². The molecular weight excluding hydrogens is 236 g/mol. The molecule has 1 aliphatic carbocycles. The van der Waals surface area contributed by atoms with E-state index in [4.69, 9.17) is 0 Å². The predicted molar refractivity (Wildman–Crippen MR) is 75.4 cm³/mol. The van der Waals surface area contributed by atoms with E-state index < -0.39 is 0 Å². The third-order valence-corrected chi connectivity index (χ3v) is 3.36. The number of nitrogens with zero attached hydrogens (tertiary/aromatic N) is 3. The summed E-state index contributed by atoms with van der Waals surface area (Å²) in [5.74, 6) is 1.82. The molecule has 0 spiro atoms. The van der Waals surface area contributed by atoms with Gasteiger partial charge in [-0.1, -0.05) is 6.07 Å². The van der Waals surface area contributed by atoms with Gasteiger partial charge in [-0.3, -0.25) is 0 Å². The maximum absolute atomic E-state index is 4.54. The highest BCUT2D eigenvalue weighted by molar-refractivity contribution is 5.39. The summed E-state index contributed by atoms with van der Waals surface area (Å²) in [5.41, 5.74) is 3.61. The molecule has 4 nitrogen and oxygen atoms in total. The van der Waals surface area contributed by atoms with E-state index in [0.717, 1.165) is 23.9 Å². The highest BCUT2D eigenvalue weighted by Crippen LogP contribution is 2.20. The van der Waals surface area contributed by atoms with E-state index in [9.17, 15) is 0 Å². The van der Waals surface area contributed by atoms with Crippen molar-refractivity contribution in [1.82, 2.24) is 20.1 Å². The quantitative estimate of drug-likeness (QED) is 0.913. The molecule has 3 rings (SSSR count). The molecule has 0 bridgehead atoms. The van der Waals surface area contributed by atoms with Gasteiger partial charge in [0.2, 0.25) is 0 Å². The molecular formula is C15H20N4. The van der Waals surface area contributed by atoms with E-state index in [-0.39, 0.29) is 0 Å². The Hall–Kier alpha value is -1.68. The molecule has 1 aromatic carbocycles. The van der Waals surface area contributed by atoms with Crippen LogP contribution in [0.4, 0.5) is 0 Å². The van der Waals surface area contributed by atoms with Crippen LogP contribution in [0.2, 0.25) is 0 Å². The standard InChI is InChI=1S/C15H20N4/c1-10-6-11(2)8-14(7-10)19-15(17-12(3)18-19)9-16-13-4-5-13/h6-8,13,16H,4-5,9H2,1-3H3. The lowest BCUT2D eigenvalue weighted by atomic mass is 10.1. The molecule has 0 saturated heterocycles.